The van der Waals surface area contributed by atoms with Gasteiger partial charge in [-0.15, -0.1) is 0 Å². The molecule has 5 heteroatoms. The first-order valence-corrected chi connectivity index (χ1v) is 10.4. The van der Waals surface area contributed by atoms with Gasteiger partial charge < -0.3 is 14.9 Å². The highest BCUT2D eigenvalue weighted by molar-refractivity contribution is 6.33. The third kappa shape index (κ3) is 3.21. The summed E-state index contributed by atoms with van der Waals surface area (Å²) in [5.41, 5.74) is -0.0891. The molecule has 1 heterocycles. The normalized spacial score (nSPS) is 18.7. The second-order valence-electron chi connectivity index (χ2n) is 7.39. The third-order valence-electron chi connectivity index (χ3n) is 5.90. The molecule has 0 bridgehead atoms. The Morgan fingerprint density at radius 1 is 1.00 bits per heavy atom. The maximum Gasteiger partial charge on any atom is 0.268 e. The lowest BCUT2D eigenvalue weighted by molar-refractivity contribution is -0.132. The van der Waals surface area contributed by atoms with Crippen LogP contribution in [-0.2, 0) is 10.4 Å². The lowest BCUT2D eigenvalue weighted by atomic mass is 9.86. The van der Waals surface area contributed by atoms with Crippen molar-refractivity contribution in [2.75, 3.05) is 31.1 Å². The number of carbonyl (C=O) groups is 1. The van der Waals surface area contributed by atoms with Crippen molar-refractivity contribution >= 4 is 34.0 Å². The Kier molecular flexibility index (Phi) is 5.34. The number of hydrogen-bond acceptors (Lipinski definition) is 3. The minimum atomic E-state index is -1.79. The van der Waals surface area contributed by atoms with Crippen LogP contribution in [0.5, 0.6) is 0 Å². The molecule has 1 amide bonds. The number of halogens is 1. The number of hydrogen-bond donors (Lipinski definition) is 1. The zero-order chi connectivity index (χ0) is 20.6. The van der Waals surface area contributed by atoms with Gasteiger partial charge in [0, 0.05) is 23.7 Å². The van der Waals surface area contributed by atoms with Gasteiger partial charge in [0.15, 0.2) is 5.60 Å². The van der Waals surface area contributed by atoms with Crippen LogP contribution in [0.15, 0.2) is 60.7 Å². The van der Waals surface area contributed by atoms with Gasteiger partial charge in [-0.1, -0.05) is 67.9 Å². The standard InChI is InChI=1S/C24H25ClN2O2/c1-3-26(4-2)14-15-27-21-11-7-10-20(25)22(21)24(29,23(27)28)19-13-12-17-8-5-6-9-18(17)16-19/h5-13,16,29H,3-4,14-15H2,1-2H3. The van der Waals surface area contributed by atoms with Crippen molar-refractivity contribution in [2.45, 2.75) is 19.4 Å². The van der Waals surface area contributed by atoms with Crippen molar-refractivity contribution in [1.82, 2.24) is 4.90 Å². The molecule has 3 aromatic carbocycles. The average molecular weight is 409 g/mol. The summed E-state index contributed by atoms with van der Waals surface area (Å²) in [6.07, 6.45) is 0. The van der Waals surface area contributed by atoms with Crippen LogP contribution < -0.4 is 4.90 Å². The minimum Gasteiger partial charge on any atom is -0.372 e. The zero-order valence-electron chi connectivity index (χ0n) is 16.7. The highest BCUT2D eigenvalue weighted by Gasteiger charge is 2.52. The van der Waals surface area contributed by atoms with E-state index < -0.39 is 5.60 Å². The molecule has 1 atom stereocenters. The molecular weight excluding hydrogens is 384 g/mol. The van der Waals surface area contributed by atoms with E-state index in [2.05, 4.69) is 18.7 Å². The number of amides is 1. The molecule has 0 aliphatic carbocycles. The van der Waals surface area contributed by atoms with E-state index in [9.17, 15) is 9.90 Å². The van der Waals surface area contributed by atoms with E-state index in [0.29, 0.717) is 28.4 Å². The minimum absolute atomic E-state index is 0.344. The molecule has 0 saturated heterocycles. The van der Waals surface area contributed by atoms with Crippen molar-refractivity contribution in [3.05, 3.63) is 76.8 Å². The molecular formula is C24H25ClN2O2. The Morgan fingerprint density at radius 3 is 2.45 bits per heavy atom. The van der Waals surface area contributed by atoms with Gasteiger partial charge in [0.1, 0.15) is 0 Å². The molecule has 1 aliphatic heterocycles. The molecule has 3 aromatic rings. The van der Waals surface area contributed by atoms with E-state index in [1.807, 2.05) is 54.6 Å². The zero-order valence-corrected chi connectivity index (χ0v) is 17.5. The van der Waals surface area contributed by atoms with E-state index in [0.717, 1.165) is 30.4 Å². The van der Waals surface area contributed by atoms with E-state index in [-0.39, 0.29) is 5.91 Å². The van der Waals surface area contributed by atoms with Crippen molar-refractivity contribution in [3.63, 3.8) is 0 Å². The highest BCUT2D eigenvalue weighted by Crippen LogP contribution is 2.48. The second-order valence-corrected chi connectivity index (χ2v) is 7.80. The molecule has 4 nitrogen and oxygen atoms in total. The van der Waals surface area contributed by atoms with Crippen LogP contribution in [0, 0.1) is 0 Å². The van der Waals surface area contributed by atoms with Crippen LogP contribution >= 0.6 is 11.6 Å². The molecule has 1 unspecified atom stereocenters. The largest absolute Gasteiger partial charge is 0.372 e. The number of fused-ring (bicyclic) bond motifs is 2. The van der Waals surface area contributed by atoms with Crippen LogP contribution in [0.4, 0.5) is 5.69 Å². The number of aliphatic hydroxyl groups is 1. The summed E-state index contributed by atoms with van der Waals surface area (Å²) in [6.45, 7) is 7.27. The smallest absolute Gasteiger partial charge is 0.268 e. The predicted molar refractivity (Wildman–Crippen MR) is 119 cm³/mol. The summed E-state index contributed by atoms with van der Waals surface area (Å²) in [7, 11) is 0. The molecule has 1 N–H and O–H groups in total. The van der Waals surface area contributed by atoms with Gasteiger partial charge in [0.2, 0.25) is 0 Å². The SMILES string of the molecule is CCN(CC)CCN1C(=O)C(O)(c2ccc3ccccc3c2)c2c(Cl)cccc21. The molecule has 0 fully saturated rings. The number of benzene rings is 3. The summed E-state index contributed by atoms with van der Waals surface area (Å²) in [5.74, 6) is -0.344. The summed E-state index contributed by atoms with van der Waals surface area (Å²) in [6, 6.07) is 19.0. The highest BCUT2D eigenvalue weighted by atomic mass is 35.5. The lowest BCUT2D eigenvalue weighted by Crippen LogP contribution is -2.44. The molecule has 150 valence electrons. The van der Waals surface area contributed by atoms with Gasteiger partial charge in [-0.05, 0) is 47.6 Å². The van der Waals surface area contributed by atoms with Crippen molar-refractivity contribution < 1.29 is 9.90 Å². The summed E-state index contributed by atoms with van der Waals surface area (Å²) >= 11 is 6.52. The van der Waals surface area contributed by atoms with Crippen molar-refractivity contribution in [1.29, 1.82) is 0 Å². The van der Waals surface area contributed by atoms with Gasteiger partial charge in [-0.2, -0.15) is 0 Å². The Bertz CT molecular complexity index is 1060. The van der Waals surface area contributed by atoms with Crippen LogP contribution in [0.3, 0.4) is 0 Å². The maximum absolute atomic E-state index is 13.6. The van der Waals surface area contributed by atoms with Crippen LogP contribution in [0.2, 0.25) is 5.02 Å². The van der Waals surface area contributed by atoms with Gasteiger partial charge in [0.05, 0.1) is 5.69 Å². The fourth-order valence-electron chi connectivity index (χ4n) is 4.19. The Balaban J connectivity index is 1.81. The van der Waals surface area contributed by atoms with Crippen LogP contribution in [-0.4, -0.2) is 42.1 Å². The first-order chi connectivity index (χ1) is 14.0. The van der Waals surface area contributed by atoms with E-state index in [1.165, 1.54) is 0 Å². The number of rotatable bonds is 6. The Hall–Kier alpha value is -2.40. The summed E-state index contributed by atoms with van der Waals surface area (Å²) in [5, 5.41) is 14.2. The van der Waals surface area contributed by atoms with Crippen LogP contribution in [0.1, 0.15) is 25.0 Å². The summed E-state index contributed by atoms with van der Waals surface area (Å²) < 4.78 is 0. The molecule has 4 rings (SSSR count). The monoisotopic (exact) mass is 408 g/mol. The second kappa shape index (κ2) is 7.79. The predicted octanol–water partition coefficient (Wildman–Crippen LogP) is 4.42. The maximum atomic E-state index is 13.6. The lowest BCUT2D eigenvalue weighted by Gasteiger charge is -2.26. The fourth-order valence-corrected chi connectivity index (χ4v) is 4.50. The Labute approximate surface area is 176 Å². The van der Waals surface area contributed by atoms with Crippen molar-refractivity contribution in [2.24, 2.45) is 0 Å². The summed E-state index contributed by atoms with van der Waals surface area (Å²) in [4.78, 5) is 17.5. The van der Waals surface area contributed by atoms with Gasteiger partial charge in [-0.25, -0.2) is 0 Å². The number of anilines is 1. The number of likely N-dealkylation sites (N-methyl/N-ethyl adjacent to an activating group) is 1. The Morgan fingerprint density at radius 2 is 1.72 bits per heavy atom. The fraction of sp³-hybridized carbons (Fsp3) is 0.292. The van der Waals surface area contributed by atoms with Crippen molar-refractivity contribution in [3.8, 4) is 0 Å². The quantitative estimate of drug-likeness (QED) is 0.656. The van der Waals surface area contributed by atoms with E-state index in [4.69, 9.17) is 11.6 Å². The topological polar surface area (TPSA) is 43.8 Å². The molecule has 1 aliphatic rings. The van der Waals surface area contributed by atoms with Gasteiger partial charge >= 0.3 is 0 Å². The van der Waals surface area contributed by atoms with Crippen LogP contribution in [0.25, 0.3) is 10.8 Å². The first kappa shape index (κ1) is 19.9. The van der Waals surface area contributed by atoms with E-state index in [1.54, 1.807) is 11.0 Å². The number of nitrogens with zero attached hydrogens (tertiary/aromatic N) is 2. The molecule has 0 saturated carbocycles. The molecule has 0 spiro atoms. The molecule has 0 aromatic heterocycles. The molecule has 29 heavy (non-hydrogen) atoms. The van der Waals surface area contributed by atoms with Gasteiger partial charge in [-0.3, -0.25) is 4.79 Å². The molecule has 0 radical (unpaired) electrons. The average Bonchev–Trinajstić information content (AvgIpc) is 2.97. The first-order valence-electron chi connectivity index (χ1n) is 10.1. The van der Waals surface area contributed by atoms with E-state index >= 15 is 0 Å². The third-order valence-corrected chi connectivity index (χ3v) is 6.22. The number of carbonyl (C=O) groups excluding carboxylic acids is 1. The van der Waals surface area contributed by atoms with Gasteiger partial charge in [0.25, 0.3) is 5.91 Å².